The summed E-state index contributed by atoms with van der Waals surface area (Å²) in [5.74, 6) is -1.37. The van der Waals surface area contributed by atoms with Gasteiger partial charge in [-0.25, -0.2) is 9.37 Å². The highest BCUT2D eigenvalue weighted by Crippen LogP contribution is 2.44. The number of halogens is 4. The van der Waals surface area contributed by atoms with Crippen LogP contribution in [0.4, 0.5) is 17.6 Å². The lowest BCUT2D eigenvalue weighted by atomic mass is 9.98. The second-order valence-electron chi connectivity index (χ2n) is 6.40. The van der Waals surface area contributed by atoms with Crippen LogP contribution in [0.15, 0.2) is 48.5 Å². The number of hydrogen-bond donors (Lipinski definition) is 1. The van der Waals surface area contributed by atoms with E-state index in [9.17, 15) is 27.5 Å². The standard InChI is InChI=1S/C19H16F4N2O2S/c1-25(11-12-6-8-13(20)9-7-12)16(26)10-18(27,19(21,22)23)17-24-14-4-2-3-5-15(14)28-17/h2-9,27H,10-11H2,1H3. The third-order valence-corrected chi connectivity index (χ3v) is 5.47. The zero-order valence-corrected chi connectivity index (χ0v) is 15.5. The number of thiazole rings is 1. The topological polar surface area (TPSA) is 53.4 Å². The largest absolute Gasteiger partial charge is 0.424 e. The van der Waals surface area contributed by atoms with Crippen LogP contribution < -0.4 is 0 Å². The van der Waals surface area contributed by atoms with Crippen molar-refractivity contribution in [2.75, 3.05) is 7.05 Å². The van der Waals surface area contributed by atoms with Gasteiger partial charge in [0.1, 0.15) is 10.8 Å². The number of carbonyl (C=O) groups is 1. The minimum atomic E-state index is -5.09. The predicted molar refractivity (Wildman–Crippen MR) is 97.1 cm³/mol. The highest BCUT2D eigenvalue weighted by Gasteiger charge is 2.58. The Hall–Kier alpha value is -2.52. The fourth-order valence-corrected chi connectivity index (χ4v) is 3.73. The molecule has 1 heterocycles. The van der Waals surface area contributed by atoms with E-state index in [2.05, 4.69) is 4.98 Å². The van der Waals surface area contributed by atoms with Crippen molar-refractivity contribution < 1.29 is 27.5 Å². The number of rotatable bonds is 5. The summed E-state index contributed by atoms with van der Waals surface area (Å²) in [6.45, 7) is -0.0209. The molecule has 28 heavy (non-hydrogen) atoms. The Morgan fingerprint density at radius 3 is 2.39 bits per heavy atom. The van der Waals surface area contributed by atoms with Crippen molar-refractivity contribution in [2.45, 2.75) is 24.7 Å². The van der Waals surface area contributed by atoms with E-state index in [1.165, 1.54) is 37.4 Å². The first kappa shape index (κ1) is 20.2. The number of hydrogen-bond acceptors (Lipinski definition) is 4. The normalized spacial score (nSPS) is 14.1. The highest BCUT2D eigenvalue weighted by atomic mass is 32.1. The van der Waals surface area contributed by atoms with Crippen molar-refractivity contribution in [3.63, 3.8) is 0 Å². The average molecular weight is 412 g/mol. The lowest BCUT2D eigenvalue weighted by Crippen LogP contribution is -2.46. The number of aromatic nitrogens is 1. The maximum Gasteiger partial charge on any atom is 0.424 e. The Morgan fingerprint density at radius 2 is 1.79 bits per heavy atom. The molecule has 0 saturated carbocycles. The van der Waals surface area contributed by atoms with Gasteiger partial charge in [-0.15, -0.1) is 11.3 Å². The van der Waals surface area contributed by atoms with Crippen LogP contribution in [0.2, 0.25) is 0 Å². The highest BCUT2D eigenvalue weighted by molar-refractivity contribution is 7.18. The zero-order valence-electron chi connectivity index (χ0n) is 14.7. The van der Waals surface area contributed by atoms with Gasteiger partial charge in [-0.05, 0) is 29.8 Å². The minimum absolute atomic E-state index is 0.0209. The molecule has 1 aromatic heterocycles. The first-order chi connectivity index (χ1) is 13.1. The van der Waals surface area contributed by atoms with Crippen LogP contribution in [0.1, 0.15) is 17.0 Å². The number of benzene rings is 2. The Morgan fingerprint density at radius 1 is 1.14 bits per heavy atom. The molecule has 148 valence electrons. The van der Waals surface area contributed by atoms with Crippen LogP contribution in [-0.4, -0.2) is 34.1 Å². The SMILES string of the molecule is CN(Cc1ccc(F)cc1)C(=O)CC(O)(c1nc2ccccc2s1)C(F)(F)F. The minimum Gasteiger partial charge on any atom is -0.374 e. The van der Waals surface area contributed by atoms with Crippen LogP contribution >= 0.6 is 11.3 Å². The first-order valence-electron chi connectivity index (χ1n) is 8.24. The third-order valence-electron chi connectivity index (χ3n) is 4.28. The lowest BCUT2D eigenvalue weighted by molar-refractivity contribution is -0.268. The molecule has 9 heteroatoms. The molecule has 4 nitrogen and oxygen atoms in total. The summed E-state index contributed by atoms with van der Waals surface area (Å²) in [4.78, 5) is 17.4. The molecule has 0 radical (unpaired) electrons. The van der Waals surface area contributed by atoms with Gasteiger partial charge in [0.15, 0.2) is 0 Å². The van der Waals surface area contributed by atoms with Crippen molar-refractivity contribution in [2.24, 2.45) is 0 Å². The van der Waals surface area contributed by atoms with Crippen molar-refractivity contribution in [1.82, 2.24) is 9.88 Å². The van der Waals surface area contributed by atoms with Crippen molar-refractivity contribution in [3.05, 3.63) is 64.9 Å². The molecule has 1 amide bonds. The Labute approximate surface area is 162 Å². The summed E-state index contributed by atoms with van der Waals surface area (Å²) in [6.07, 6.45) is -6.29. The fourth-order valence-electron chi connectivity index (χ4n) is 2.65. The van der Waals surface area contributed by atoms with Crippen LogP contribution in [0.3, 0.4) is 0 Å². The second kappa shape index (κ2) is 7.48. The van der Waals surface area contributed by atoms with E-state index in [1.807, 2.05) is 0 Å². The average Bonchev–Trinajstić information content (AvgIpc) is 3.07. The monoisotopic (exact) mass is 412 g/mol. The van der Waals surface area contributed by atoms with Crippen molar-refractivity contribution in [3.8, 4) is 0 Å². The molecule has 1 atom stereocenters. The number of aliphatic hydroxyl groups is 1. The maximum atomic E-state index is 13.7. The Balaban J connectivity index is 1.85. The van der Waals surface area contributed by atoms with Gasteiger partial charge in [0.2, 0.25) is 11.5 Å². The van der Waals surface area contributed by atoms with E-state index < -0.39 is 34.9 Å². The van der Waals surface area contributed by atoms with Crippen molar-refractivity contribution >= 4 is 27.5 Å². The van der Waals surface area contributed by atoms with Crippen LogP contribution in [0.25, 0.3) is 10.2 Å². The molecule has 1 N–H and O–H groups in total. The predicted octanol–water partition coefficient (Wildman–Crippen LogP) is 4.23. The van der Waals surface area contributed by atoms with Gasteiger partial charge < -0.3 is 10.0 Å². The van der Waals surface area contributed by atoms with Crippen LogP contribution in [0.5, 0.6) is 0 Å². The summed E-state index contributed by atoms with van der Waals surface area (Å²) in [5.41, 5.74) is -2.53. The number of para-hydroxylation sites is 1. The quantitative estimate of drug-likeness (QED) is 0.638. The zero-order chi connectivity index (χ0) is 20.5. The number of carbonyl (C=O) groups excluding carboxylic acids is 1. The van der Waals surface area contributed by atoms with Gasteiger partial charge in [0, 0.05) is 13.6 Å². The molecule has 0 bridgehead atoms. The van der Waals surface area contributed by atoms with Crippen LogP contribution in [0, 0.1) is 5.82 Å². The summed E-state index contributed by atoms with van der Waals surface area (Å²) in [7, 11) is 1.32. The smallest absolute Gasteiger partial charge is 0.374 e. The molecular weight excluding hydrogens is 396 g/mol. The van der Waals surface area contributed by atoms with Gasteiger partial charge in [-0.1, -0.05) is 24.3 Å². The summed E-state index contributed by atoms with van der Waals surface area (Å²) < 4.78 is 54.6. The van der Waals surface area contributed by atoms with E-state index in [4.69, 9.17) is 0 Å². The lowest BCUT2D eigenvalue weighted by Gasteiger charge is -2.29. The van der Waals surface area contributed by atoms with Gasteiger partial charge >= 0.3 is 6.18 Å². The molecule has 3 rings (SSSR count). The van der Waals surface area contributed by atoms with Gasteiger partial charge in [0.25, 0.3) is 0 Å². The number of nitrogens with zero attached hydrogens (tertiary/aromatic N) is 2. The van der Waals surface area contributed by atoms with Gasteiger partial charge in [-0.2, -0.15) is 13.2 Å². The molecule has 0 aliphatic carbocycles. The second-order valence-corrected chi connectivity index (χ2v) is 7.43. The van der Waals surface area contributed by atoms with E-state index in [-0.39, 0.29) is 6.54 Å². The molecule has 3 aromatic rings. The maximum absolute atomic E-state index is 13.7. The summed E-state index contributed by atoms with van der Waals surface area (Å²) in [5, 5.41) is 9.89. The Kier molecular flexibility index (Phi) is 5.40. The molecule has 0 saturated heterocycles. The molecule has 0 fully saturated rings. The Bertz CT molecular complexity index is 955. The number of alkyl halides is 3. The molecule has 0 spiro atoms. The molecule has 2 aromatic carbocycles. The molecule has 1 unspecified atom stereocenters. The third kappa shape index (κ3) is 4.00. The molecule has 0 aliphatic heterocycles. The number of fused-ring (bicyclic) bond motifs is 1. The van der Waals surface area contributed by atoms with Gasteiger partial charge in [-0.3, -0.25) is 4.79 Å². The summed E-state index contributed by atoms with van der Waals surface area (Å²) in [6, 6.07) is 11.7. The molecular formula is C19H16F4N2O2S. The first-order valence-corrected chi connectivity index (χ1v) is 9.05. The molecule has 0 aliphatic rings. The van der Waals surface area contributed by atoms with E-state index in [1.54, 1.807) is 18.2 Å². The van der Waals surface area contributed by atoms with E-state index in [0.29, 0.717) is 27.1 Å². The van der Waals surface area contributed by atoms with E-state index in [0.717, 1.165) is 4.90 Å². The van der Waals surface area contributed by atoms with Crippen molar-refractivity contribution in [1.29, 1.82) is 0 Å². The van der Waals surface area contributed by atoms with Gasteiger partial charge in [0.05, 0.1) is 16.6 Å². The fraction of sp³-hybridized carbons (Fsp3) is 0.263. The van der Waals surface area contributed by atoms with Crippen LogP contribution in [-0.2, 0) is 16.9 Å². The summed E-state index contributed by atoms with van der Waals surface area (Å²) >= 11 is 0.697. The van der Waals surface area contributed by atoms with E-state index >= 15 is 0 Å². The number of amides is 1.